The van der Waals surface area contributed by atoms with Crippen molar-refractivity contribution in [3.05, 3.63) is 0 Å². The van der Waals surface area contributed by atoms with Crippen LogP contribution in [0.15, 0.2) is 0 Å². The Labute approximate surface area is 111 Å². The third-order valence-corrected chi connectivity index (χ3v) is 4.74. The normalized spacial score (nSPS) is 34.4. The number of nitrogens with zero attached hydrogens (tertiary/aromatic N) is 1. The lowest BCUT2D eigenvalue weighted by atomic mass is 9.78. The molecule has 0 radical (unpaired) electrons. The summed E-state index contributed by atoms with van der Waals surface area (Å²) in [6.07, 6.45) is 5.76. The highest BCUT2D eigenvalue weighted by Crippen LogP contribution is 2.32. The van der Waals surface area contributed by atoms with Crippen molar-refractivity contribution < 1.29 is 9.53 Å². The van der Waals surface area contributed by atoms with E-state index in [9.17, 15) is 4.79 Å². The summed E-state index contributed by atoms with van der Waals surface area (Å²) >= 11 is 0. The first-order valence-electron chi connectivity index (χ1n) is 7.62. The lowest BCUT2D eigenvalue weighted by Crippen LogP contribution is -2.47. The van der Waals surface area contributed by atoms with E-state index in [2.05, 4.69) is 18.7 Å². The Morgan fingerprint density at radius 1 is 1.22 bits per heavy atom. The fourth-order valence-electron chi connectivity index (χ4n) is 3.28. The van der Waals surface area contributed by atoms with E-state index in [-0.39, 0.29) is 12.0 Å². The highest BCUT2D eigenvalue weighted by Gasteiger charge is 2.33. The first-order valence-corrected chi connectivity index (χ1v) is 7.62. The Bertz CT molecular complexity index is 272. The summed E-state index contributed by atoms with van der Waals surface area (Å²) in [6, 6.07) is 0. The summed E-state index contributed by atoms with van der Waals surface area (Å²) in [5.74, 6) is 1.51. The van der Waals surface area contributed by atoms with Crippen molar-refractivity contribution in [3.8, 4) is 0 Å². The highest BCUT2D eigenvalue weighted by molar-refractivity contribution is 5.85. The molecule has 1 saturated heterocycles. The molecular formula is C15H27NO2. The molecule has 0 spiro atoms. The lowest BCUT2D eigenvalue weighted by Gasteiger charge is -2.34. The van der Waals surface area contributed by atoms with E-state index in [0.29, 0.717) is 12.4 Å². The van der Waals surface area contributed by atoms with Crippen LogP contribution in [0.25, 0.3) is 0 Å². The Morgan fingerprint density at radius 2 is 1.94 bits per heavy atom. The molecule has 0 aromatic carbocycles. The molecule has 2 fully saturated rings. The summed E-state index contributed by atoms with van der Waals surface area (Å²) in [6.45, 7) is 7.94. The van der Waals surface area contributed by atoms with Gasteiger partial charge in [-0.05, 0) is 38.1 Å². The van der Waals surface area contributed by atoms with E-state index >= 15 is 0 Å². The van der Waals surface area contributed by atoms with Crippen molar-refractivity contribution in [2.24, 2.45) is 11.8 Å². The van der Waals surface area contributed by atoms with Gasteiger partial charge in [-0.3, -0.25) is 9.69 Å². The van der Waals surface area contributed by atoms with Gasteiger partial charge in [-0.15, -0.1) is 0 Å². The Morgan fingerprint density at radius 3 is 2.56 bits per heavy atom. The van der Waals surface area contributed by atoms with Gasteiger partial charge in [-0.1, -0.05) is 20.3 Å². The van der Waals surface area contributed by atoms with Crippen LogP contribution in [0.1, 0.15) is 46.0 Å². The average molecular weight is 253 g/mol. The molecule has 1 aliphatic heterocycles. The molecule has 1 saturated carbocycles. The smallest absolute Gasteiger partial charge is 0.165 e. The maximum Gasteiger partial charge on any atom is 0.165 e. The van der Waals surface area contributed by atoms with Gasteiger partial charge in [0.25, 0.3) is 0 Å². The second-order valence-corrected chi connectivity index (χ2v) is 5.78. The monoisotopic (exact) mass is 253 g/mol. The average Bonchev–Trinajstić information content (AvgIpc) is 2.46. The van der Waals surface area contributed by atoms with Crippen LogP contribution in [0, 0.1) is 11.8 Å². The van der Waals surface area contributed by atoms with E-state index in [1.165, 1.54) is 19.3 Å². The summed E-state index contributed by atoms with van der Waals surface area (Å²) in [7, 11) is 0. The number of rotatable bonds is 4. The Kier molecular flexibility index (Phi) is 5.19. The Hall–Kier alpha value is -0.410. The van der Waals surface area contributed by atoms with Gasteiger partial charge < -0.3 is 4.74 Å². The zero-order valence-corrected chi connectivity index (χ0v) is 11.9. The molecule has 1 atom stereocenters. The third-order valence-electron chi connectivity index (χ3n) is 4.74. The SMILES string of the molecule is CCC1CCC(C(=O)C2CN(CC)CCO2)CC1. The fourth-order valence-corrected chi connectivity index (χ4v) is 3.28. The largest absolute Gasteiger partial charge is 0.368 e. The maximum atomic E-state index is 12.5. The van der Waals surface area contributed by atoms with Crippen molar-refractivity contribution in [1.29, 1.82) is 0 Å². The van der Waals surface area contributed by atoms with E-state index in [1.807, 2.05) is 0 Å². The predicted molar refractivity (Wildman–Crippen MR) is 72.6 cm³/mol. The van der Waals surface area contributed by atoms with E-state index < -0.39 is 0 Å². The fraction of sp³-hybridized carbons (Fsp3) is 0.933. The maximum absolute atomic E-state index is 12.5. The molecule has 3 heteroatoms. The standard InChI is InChI=1S/C15H27NO2/c1-3-12-5-7-13(8-6-12)15(17)14-11-16(4-2)9-10-18-14/h12-14H,3-11H2,1-2H3. The summed E-state index contributed by atoms with van der Waals surface area (Å²) in [5.41, 5.74) is 0. The number of hydrogen-bond acceptors (Lipinski definition) is 3. The number of carbonyl (C=O) groups excluding carboxylic acids is 1. The number of morpholine rings is 1. The zero-order valence-electron chi connectivity index (χ0n) is 11.9. The number of hydrogen-bond donors (Lipinski definition) is 0. The van der Waals surface area contributed by atoms with Crippen LogP contribution in [0.2, 0.25) is 0 Å². The first-order chi connectivity index (χ1) is 8.74. The quantitative estimate of drug-likeness (QED) is 0.771. The minimum atomic E-state index is -0.151. The van der Waals surface area contributed by atoms with E-state index in [4.69, 9.17) is 4.74 Å². The number of ether oxygens (including phenoxy) is 1. The molecule has 18 heavy (non-hydrogen) atoms. The molecule has 0 amide bonds. The zero-order chi connectivity index (χ0) is 13.0. The van der Waals surface area contributed by atoms with Gasteiger partial charge in [-0.2, -0.15) is 0 Å². The van der Waals surface area contributed by atoms with Gasteiger partial charge in [0, 0.05) is 19.0 Å². The molecule has 1 aliphatic carbocycles. The van der Waals surface area contributed by atoms with E-state index in [0.717, 1.165) is 38.4 Å². The second kappa shape index (κ2) is 6.67. The van der Waals surface area contributed by atoms with Crippen LogP contribution < -0.4 is 0 Å². The van der Waals surface area contributed by atoms with Crippen molar-refractivity contribution in [1.82, 2.24) is 4.90 Å². The van der Waals surface area contributed by atoms with Gasteiger partial charge in [0.15, 0.2) is 5.78 Å². The topological polar surface area (TPSA) is 29.5 Å². The summed E-state index contributed by atoms with van der Waals surface area (Å²) < 4.78 is 5.69. The van der Waals surface area contributed by atoms with E-state index in [1.54, 1.807) is 0 Å². The van der Waals surface area contributed by atoms with Crippen molar-refractivity contribution >= 4 is 5.78 Å². The van der Waals surface area contributed by atoms with Crippen LogP contribution in [0.5, 0.6) is 0 Å². The molecule has 0 bridgehead atoms. The minimum absolute atomic E-state index is 0.151. The van der Waals surface area contributed by atoms with Crippen LogP contribution in [0.3, 0.4) is 0 Å². The minimum Gasteiger partial charge on any atom is -0.368 e. The first kappa shape index (κ1) is 14.0. The molecule has 0 N–H and O–H groups in total. The molecule has 0 aromatic heterocycles. The van der Waals surface area contributed by atoms with Crippen LogP contribution in [-0.4, -0.2) is 43.0 Å². The molecular weight excluding hydrogens is 226 g/mol. The Balaban J connectivity index is 1.83. The molecule has 2 rings (SSSR count). The molecule has 0 aromatic rings. The molecule has 2 aliphatic rings. The lowest BCUT2D eigenvalue weighted by molar-refractivity contribution is -0.141. The highest BCUT2D eigenvalue weighted by atomic mass is 16.5. The molecule has 1 unspecified atom stereocenters. The molecule has 3 nitrogen and oxygen atoms in total. The van der Waals surface area contributed by atoms with Crippen molar-refractivity contribution in [2.45, 2.75) is 52.1 Å². The van der Waals surface area contributed by atoms with Crippen molar-refractivity contribution in [2.75, 3.05) is 26.2 Å². The van der Waals surface area contributed by atoms with Gasteiger partial charge in [0.1, 0.15) is 6.10 Å². The van der Waals surface area contributed by atoms with Gasteiger partial charge in [0.05, 0.1) is 6.61 Å². The summed E-state index contributed by atoms with van der Waals surface area (Å²) in [5, 5.41) is 0. The van der Waals surface area contributed by atoms with Gasteiger partial charge in [0.2, 0.25) is 0 Å². The number of carbonyl (C=O) groups is 1. The number of ketones is 1. The van der Waals surface area contributed by atoms with Crippen LogP contribution >= 0.6 is 0 Å². The van der Waals surface area contributed by atoms with Gasteiger partial charge >= 0.3 is 0 Å². The van der Waals surface area contributed by atoms with Crippen LogP contribution in [-0.2, 0) is 9.53 Å². The summed E-state index contributed by atoms with van der Waals surface area (Å²) in [4.78, 5) is 14.8. The van der Waals surface area contributed by atoms with Crippen LogP contribution in [0.4, 0.5) is 0 Å². The molecule has 1 heterocycles. The second-order valence-electron chi connectivity index (χ2n) is 5.78. The number of likely N-dealkylation sites (N-methyl/N-ethyl adjacent to an activating group) is 1. The number of Topliss-reactive ketones (excluding diaryl/α,β-unsaturated/α-hetero) is 1. The van der Waals surface area contributed by atoms with Gasteiger partial charge in [-0.25, -0.2) is 0 Å². The third kappa shape index (κ3) is 3.33. The predicted octanol–water partition coefficient (Wildman–Crippen LogP) is 2.49. The van der Waals surface area contributed by atoms with Crippen molar-refractivity contribution in [3.63, 3.8) is 0 Å². The molecule has 104 valence electrons.